The number of aryl methyl sites for hydroxylation is 2. The van der Waals surface area contributed by atoms with Crippen LogP contribution in [0.4, 0.5) is 0 Å². The summed E-state index contributed by atoms with van der Waals surface area (Å²) >= 11 is 0. The lowest BCUT2D eigenvalue weighted by Crippen LogP contribution is -1.99. The van der Waals surface area contributed by atoms with Gasteiger partial charge in [0, 0.05) is 0 Å². The van der Waals surface area contributed by atoms with E-state index in [0.29, 0.717) is 11.7 Å². The first-order valence-corrected chi connectivity index (χ1v) is 6.58. The summed E-state index contributed by atoms with van der Waals surface area (Å²) in [5, 5.41) is 18.5. The molecule has 19 heavy (non-hydrogen) atoms. The third-order valence-corrected chi connectivity index (χ3v) is 3.36. The molecule has 0 unspecified atom stereocenters. The molecule has 0 aliphatic rings. The number of imidazole rings is 1. The number of aromatic nitrogens is 2. The second kappa shape index (κ2) is 5.41. The summed E-state index contributed by atoms with van der Waals surface area (Å²) in [6, 6.07) is 4.22. The van der Waals surface area contributed by atoms with E-state index >= 15 is 0 Å². The quantitative estimate of drug-likeness (QED) is 0.884. The fourth-order valence-electron chi connectivity index (χ4n) is 2.32. The number of fused-ring (bicyclic) bond motifs is 1. The van der Waals surface area contributed by atoms with Crippen LogP contribution in [0.5, 0.6) is 0 Å². The largest absolute Gasteiger partial charge is 0.388 e. The summed E-state index contributed by atoms with van der Waals surface area (Å²) in [4.78, 5) is 7.50. The molecular formula is C15H19N3O. The molecule has 100 valence electrons. The maximum atomic E-state index is 9.35. The molecule has 0 atom stereocenters. The third-order valence-electron chi connectivity index (χ3n) is 3.36. The minimum absolute atomic E-state index is 0.112. The highest BCUT2D eigenvalue weighted by atomic mass is 16.3. The summed E-state index contributed by atoms with van der Waals surface area (Å²) in [5.74, 6) is 1.13. The lowest BCUT2D eigenvalue weighted by atomic mass is 9.95. The van der Waals surface area contributed by atoms with Crippen molar-refractivity contribution in [2.75, 3.05) is 0 Å². The van der Waals surface area contributed by atoms with Crippen LogP contribution in [0.25, 0.3) is 11.0 Å². The smallest absolute Gasteiger partial charge is 0.133 e. The molecule has 0 fully saturated rings. The highest BCUT2D eigenvalue weighted by molar-refractivity contribution is 5.82. The van der Waals surface area contributed by atoms with E-state index in [1.165, 1.54) is 0 Å². The summed E-state index contributed by atoms with van der Waals surface area (Å²) in [5.41, 5.74) is 4.42. The maximum absolute atomic E-state index is 9.35. The van der Waals surface area contributed by atoms with E-state index in [9.17, 15) is 10.4 Å². The van der Waals surface area contributed by atoms with E-state index in [1.807, 2.05) is 13.0 Å². The average Bonchev–Trinajstić information content (AvgIpc) is 2.77. The Labute approximate surface area is 113 Å². The van der Waals surface area contributed by atoms with Gasteiger partial charge in [0.15, 0.2) is 0 Å². The zero-order chi connectivity index (χ0) is 14.0. The van der Waals surface area contributed by atoms with Crippen LogP contribution in [0.15, 0.2) is 6.07 Å². The number of nitriles is 1. The molecule has 0 aliphatic carbocycles. The SMILES string of the molecule is Cc1cc2[nH]c(CO)nc2c(CCC(C)C)c1C#N. The summed E-state index contributed by atoms with van der Waals surface area (Å²) in [6.07, 6.45) is 1.86. The van der Waals surface area contributed by atoms with E-state index in [1.54, 1.807) is 0 Å². The van der Waals surface area contributed by atoms with Gasteiger partial charge in [0.1, 0.15) is 12.4 Å². The topological polar surface area (TPSA) is 72.7 Å². The average molecular weight is 257 g/mol. The molecule has 1 aromatic heterocycles. The first-order chi connectivity index (χ1) is 9.06. The fraction of sp³-hybridized carbons (Fsp3) is 0.467. The fourth-order valence-corrected chi connectivity index (χ4v) is 2.32. The molecule has 4 nitrogen and oxygen atoms in total. The number of hydrogen-bond donors (Lipinski definition) is 2. The van der Waals surface area contributed by atoms with Gasteiger partial charge >= 0.3 is 0 Å². The number of rotatable bonds is 4. The molecule has 0 saturated carbocycles. The van der Waals surface area contributed by atoms with Crippen LogP contribution in [0, 0.1) is 24.2 Å². The number of aliphatic hydroxyl groups excluding tert-OH is 1. The molecule has 2 aromatic rings. The van der Waals surface area contributed by atoms with Crippen molar-refractivity contribution in [1.29, 1.82) is 5.26 Å². The molecule has 1 heterocycles. The van der Waals surface area contributed by atoms with Crippen LogP contribution in [0.1, 0.15) is 42.8 Å². The zero-order valence-corrected chi connectivity index (χ0v) is 11.6. The van der Waals surface area contributed by atoms with Crippen LogP contribution >= 0.6 is 0 Å². The first kappa shape index (κ1) is 13.6. The molecule has 1 aromatic carbocycles. The summed E-state index contributed by atoms with van der Waals surface area (Å²) in [7, 11) is 0. The van der Waals surface area contributed by atoms with Crippen LogP contribution in [0.3, 0.4) is 0 Å². The van der Waals surface area contributed by atoms with E-state index < -0.39 is 0 Å². The Morgan fingerprint density at radius 2 is 2.21 bits per heavy atom. The second-order valence-corrected chi connectivity index (χ2v) is 5.33. The minimum Gasteiger partial charge on any atom is -0.388 e. The Hall–Kier alpha value is -1.86. The Bertz CT molecular complexity index is 635. The van der Waals surface area contributed by atoms with Crippen LogP contribution in [-0.2, 0) is 13.0 Å². The normalized spacial score (nSPS) is 11.2. The van der Waals surface area contributed by atoms with Crippen LogP contribution < -0.4 is 0 Å². The molecule has 0 saturated heterocycles. The van der Waals surface area contributed by atoms with E-state index in [0.717, 1.165) is 40.6 Å². The van der Waals surface area contributed by atoms with Crippen molar-refractivity contribution >= 4 is 11.0 Å². The van der Waals surface area contributed by atoms with Crippen molar-refractivity contribution in [2.45, 2.75) is 40.2 Å². The number of benzene rings is 1. The summed E-state index contributed by atoms with van der Waals surface area (Å²) in [6.45, 7) is 6.17. The van der Waals surface area contributed by atoms with Gasteiger partial charge in [-0.3, -0.25) is 0 Å². The number of nitrogens with one attached hydrogen (secondary N) is 1. The zero-order valence-electron chi connectivity index (χ0n) is 11.6. The first-order valence-electron chi connectivity index (χ1n) is 6.58. The molecule has 4 heteroatoms. The van der Waals surface area contributed by atoms with E-state index in [-0.39, 0.29) is 6.61 Å². The number of aliphatic hydroxyl groups is 1. The van der Waals surface area contributed by atoms with Gasteiger partial charge in [0.2, 0.25) is 0 Å². The Morgan fingerprint density at radius 3 is 2.79 bits per heavy atom. The molecule has 0 bridgehead atoms. The van der Waals surface area contributed by atoms with Crippen molar-refractivity contribution in [3.05, 3.63) is 28.6 Å². The summed E-state index contributed by atoms with van der Waals surface area (Å²) < 4.78 is 0. The van der Waals surface area contributed by atoms with Crippen molar-refractivity contribution < 1.29 is 5.11 Å². The number of aromatic amines is 1. The maximum Gasteiger partial charge on any atom is 0.133 e. The van der Waals surface area contributed by atoms with E-state index in [4.69, 9.17) is 0 Å². The van der Waals surface area contributed by atoms with Gasteiger partial charge in [-0.15, -0.1) is 0 Å². The van der Waals surface area contributed by atoms with Crippen LogP contribution in [-0.4, -0.2) is 15.1 Å². The molecule has 0 aliphatic heterocycles. The number of H-pyrrole nitrogens is 1. The number of hydrogen-bond acceptors (Lipinski definition) is 3. The van der Waals surface area contributed by atoms with Gasteiger partial charge in [-0.05, 0) is 42.9 Å². The molecular weight excluding hydrogens is 238 g/mol. The van der Waals surface area contributed by atoms with Crippen molar-refractivity contribution in [1.82, 2.24) is 9.97 Å². The van der Waals surface area contributed by atoms with Gasteiger partial charge in [-0.25, -0.2) is 4.98 Å². The van der Waals surface area contributed by atoms with Crippen molar-refractivity contribution in [3.63, 3.8) is 0 Å². The third kappa shape index (κ3) is 2.61. The highest BCUT2D eigenvalue weighted by Gasteiger charge is 2.15. The van der Waals surface area contributed by atoms with E-state index in [2.05, 4.69) is 29.9 Å². The Balaban J connectivity index is 2.60. The highest BCUT2D eigenvalue weighted by Crippen LogP contribution is 2.26. The van der Waals surface area contributed by atoms with Gasteiger partial charge < -0.3 is 10.1 Å². The standard InChI is InChI=1S/C15H19N3O/c1-9(2)4-5-11-12(7-16)10(3)6-13-15(11)18-14(8-19)17-13/h6,9,19H,4-5,8H2,1-3H3,(H,17,18). The second-order valence-electron chi connectivity index (χ2n) is 5.33. The number of nitrogens with zero attached hydrogens (tertiary/aromatic N) is 2. The lowest BCUT2D eigenvalue weighted by molar-refractivity contribution is 0.273. The molecule has 0 radical (unpaired) electrons. The van der Waals surface area contributed by atoms with Gasteiger partial charge in [0.25, 0.3) is 0 Å². The predicted octanol–water partition coefficient (Wildman–Crippen LogP) is 2.82. The molecule has 2 rings (SSSR count). The Kier molecular flexibility index (Phi) is 3.87. The molecule has 0 amide bonds. The van der Waals surface area contributed by atoms with Gasteiger partial charge in [0.05, 0.1) is 22.7 Å². The minimum atomic E-state index is -0.112. The predicted molar refractivity (Wildman–Crippen MR) is 74.6 cm³/mol. The molecule has 2 N–H and O–H groups in total. The lowest BCUT2D eigenvalue weighted by Gasteiger charge is -2.09. The van der Waals surface area contributed by atoms with Gasteiger partial charge in [-0.1, -0.05) is 13.8 Å². The monoisotopic (exact) mass is 257 g/mol. The van der Waals surface area contributed by atoms with Crippen LogP contribution in [0.2, 0.25) is 0 Å². The van der Waals surface area contributed by atoms with Gasteiger partial charge in [-0.2, -0.15) is 5.26 Å². The van der Waals surface area contributed by atoms with Crippen molar-refractivity contribution in [2.24, 2.45) is 5.92 Å². The van der Waals surface area contributed by atoms with Crippen molar-refractivity contribution in [3.8, 4) is 6.07 Å². The molecule has 0 spiro atoms. The Morgan fingerprint density at radius 1 is 1.47 bits per heavy atom.